The Kier molecular flexibility index (Phi) is 2.48. The Morgan fingerprint density at radius 2 is 1.26 bits per heavy atom. The minimum Gasteiger partial charge on any atom is -0.453 e. The second kappa shape index (κ2) is 4.53. The number of aryl methyl sites for hydroxylation is 1. The highest BCUT2D eigenvalue weighted by molar-refractivity contribution is 5.93. The summed E-state index contributed by atoms with van der Waals surface area (Å²) in [6, 6.07) is 20.5. The summed E-state index contributed by atoms with van der Waals surface area (Å²) < 4.78 is 12.3. The topological polar surface area (TPSA) is 21.7 Å². The van der Waals surface area contributed by atoms with Gasteiger partial charge in [-0.2, -0.15) is 0 Å². The number of nitrogens with zero attached hydrogens (tertiary/aromatic N) is 1. The Hall–Kier alpha value is -2.94. The van der Waals surface area contributed by atoms with Crippen molar-refractivity contribution in [3.05, 3.63) is 66.2 Å². The predicted octanol–water partition coefficient (Wildman–Crippen LogP) is 5.93. The van der Waals surface area contributed by atoms with Gasteiger partial charge in [0.05, 0.1) is 11.4 Å². The van der Waals surface area contributed by atoms with E-state index in [9.17, 15) is 0 Å². The molecule has 0 spiro atoms. The van der Waals surface area contributed by atoms with Crippen LogP contribution in [0.1, 0.15) is 12.5 Å². The monoisotopic (exact) mass is 301 g/mol. The fourth-order valence-electron chi connectivity index (χ4n) is 3.28. The van der Waals surface area contributed by atoms with Gasteiger partial charge in [0, 0.05) is 0 Å². The van der Waals surface area contributed by atoms with Gasteiger partial charge in [-0.3, -0.25) is 4.90 Å². The van der Waals surface area contributed by atoms with Crippen molar-refractivity contribution >= 4 is 17.1 Å². The highest BCUT2D eigenvalue weighted by Crippen LogP contribution is 2.59. The SMILES string of the molecule is CCc1cc2c3c(c1)Oc1ccccc1N3c1ccccc1O2. The van der Waals surface area contributed by atoms with Gasteiger partial charge in [0.2, 0.25) is 0 Å². The lowest BCUT2D eigenvalue weighted by Gasteiger charge is -2.38. The van der Waals surface area contributed by atoms with Crippen molar-refractivity contribution in [2.45, 2.75) is 13.3 Å². The molecule has 3 aromatic carbocycles. The van der Waals surface area contributed by atoms with Crippen LogP contribution in [0.4, 0.5) is 17.1 Å². The second-order valence-electron chi connectivity index (χ2n) is 5.77. The van der Waals surface area contributed by atoms with Gasteiger partial charge in [0.15, 0.2) is 23.0 Å². The molecule has 3 aromatic rings. The molecular weight excluding hydrogens is 286 g/mol. The minimum atomic E-state index is 0.854. The van der Waals surface area contributed by atoms with Gasteiger partial charge in [0.1, 0.15) is 5.69 Å². The Balaban J connectivity index is 1.85. The molecule has 2 aliphatic heterocycles. The summed E-state index contributed by atoms with van der Waals surface area (Å²) in [7, 11) is 0. The maximum absolute atomic E-state index is 6.16. The van der Waals surface area contributed by atoms with Gasteiger partial charge in [-0.1, -0.05) is 31.2 Å². The summed E-state index contributed by atoms with van der Waals surface area (Å²) >= 11 is 0. The van der Waals surface area contributed by atoms with Crippen LogP contribution in [0.15, 0.2) is 60.7 Å². The molecule has 23 heavy (non-hydrogen) atoms. The molecule has 5 rings (SSSR count). The molecule has 2 aliphatic rings. The van der Waals surface area contributed by atoms with E-state index in [-0.39, 0.29) is 0 Å². The van der Waals surface area contributed by atoms with Gasteiger partial charge in [-0.25, -0.2) is 0 Å². The van der Waals surface area contributed by atoms with E-state index in [0.717, 1.165) is 46.5 Å². The van der Waals surface area contributed by atoms with Gasteiger partial charge in [-0.15, -0.1) is 0 Å². The van der Waals surface area contributed by atoms with E-state index in [1.54, 1.807) is 0 Å². The van der Waals surface area contributed by atoms with Gasteiger partial charge >= 0.3 is 0 Å². The number of anilines is 3. The molecule has 0 atom stereocenters. The number of para-hydroxylation sites is 4. The number of hydrogen-bond acceptors (Lipinski definition) is 3. The molecule has 0 unspecified atom stereocenters. The summed E-state index contributed by atoms with van der Waals surface area (Å²) in [4.78, 5) is 2.24. The predicted molar refractivity (Wildman–Crippen MR) is 90.7 cm³/mol. The maximum atomic E-state index is 6.16. The lowest BCUT2D eigenvalue weighted by Crippen LogP contribution is -2.20. The Morgan fingerprint density at radius 1 is 0.739 bits per heavy atom. The molecule has 3 heteroatoms. The highest BCUT2D eigenvalue weighted by Gasteiger charge is 2.34. The van der Waals surface area contributed by atoms with E-state index in [4.69, 9.17) is 9.47 Å². The Labute approximate surface area is 134 Å². The largest absolute Gasteiger partial charge is 0.453 e. The van der Waals surface area contributed by atoms with Gasteiger partial charge < -0.3 is 9.47 Å². The van der Waals surface area contributed by atoms with Crippen LogP contribution < -0.4 is 14.4 Å². The van der Waals surface area contributed by atoms with Crippen LogP contribution in [-0.4, -0.2) is 0 Å². The smallest absolute Gasteiger partial charge is 0.155 e. The summed E-state index contributed by atoms with van der Waals surface area (Å²) in [5.41, 5.74) is 4.28. The first kappa shape index (κ1) is 12.6. The molecule has 2 heterocycles. The first-order chi connectivity index (χ1) is 11.3. The zero-order chi connectivity index (χ0) is 15.4. The van der Waals surface area contributed by atoms with Crippen LogP contribution in [0.5, 0.6) is 23.0 Å². The van der Waals surface area contributed by atoms with Crippen LogP contribution >= 0.6 is 0 Å². The zero-order valence-electron chi connectivity index (χ0n) is 12.7. The molecule has 0 aliphatic carbocycles. The molecule has 0 saturated heterocycles. The van der Waals surface area contributed by atoms with Crippen LogP contribution in [0.3, 0.4) is 0 Å². The average molecular weight is 301 g/mol. The zero-order valence-corrected chi connectivity index (χ0v) is 12.7. The summed E-state index contributed by atoms with van der Waals surface area (Å²) in [5, 5.41) is 0. The first-order valence-electron chi connectivity index (χ1n) is 7.86. The summed E-state index contributed by atoms with van der Waals surface area (Å²) in [6.07, 6.45) is 0.941. The quantitative estimate of drug-likeness (QED) is 0.383. The number of fused-ring (bicyclic) bond motifs is 4. The van der Waals surface area contributed by atoms with E-state index in [1.807, 2.05) is 36.4 Å². The lowest BCUT2D eigenvalue weighted by molar-refractivity contribution is 0.445. The molecule has 0 aromatic heterocycles. The molecule has 0 saturated carbocycles. The van der Waals surface area contributed by atoms with Crippen LogP contribution in [-0.2, 0) is 6.42 Å². The third-order valence-electron chi connectivity index (χ3n) is 4.38. The van der Waals surface area contributed by atoms with Crippen molar-refractivity contribution in [1.29, 1.82) is 0 Å². The van der Waals surface area contributed by atoms with E-state index in [1.165, 1.54) is 5.56 Å². The molecule has 0 N–H and O–H groups in total. The van der Waals surface area contributed by atoms with E-state index >= 15 is 0 Å². The molecule has 0 amide bonds. The van der Waals surface area contributed by atoms with Crippen molar-refractivity contribution < 1.29 is 9.47 Å². The van der Waals surface area contributed by atoms with Crippen molar-refractivity contribution in [1.82, 2.24) is 0 Å². The van der Waals surface area contributed by atoms with Gasteiger partial charge in [-0.05, 0) is 48.4 Å². The number of ether oxygens (including phenoxy) is 2. The van der Waals surface area contributed by atoms with Crippen LogP contribution in [0.2, 0.25) is 0 Å². The fourth-order valence-corrected chi connectivity index (χ4v) is 3.28. The van der Waals surface area contributed by atoms with Crippen LogP contribution in [0, 0.1) is 0 Å². The standard InChI is InChI=1S/C20H15NO2/c1-2-13-11-18-20-19(12-13)23-17-10-6-4-8-15(17)21(20)14-7-3-5-9-16(14)22-18/h3-12H,2H2,1H3. The maximum Gasteiger partial charge on any atom is 0.155 e. The minimum absolute atomic E-state index is 0.854. The Bertz CT molecular complexity index is 862. The van der Waals surface area contributed by atoms with Crippen molar-refractivity contribution in [3.63, 3.8) is 0 Å². The summed E-state index contributed by atoms with van der Waals surface area (Å²) in [6.45, 7) is 2.14. The van der Waals surface area contributed by atoms with Gasteiger partial charge in [0.25, 0.3) is 0 Å². The first-order valence-corrected chi connectivity index (χ1v) is 7.86. The van der Waals surface area contributed by atoms with Crippen molar-refractivity contribution in [2.75, 3.05) is 4.90 Å². The fraction of sp³-hybridized carbons (Fsp3) is 0.100. The molecule has 112 valence electrons. The third-order valence-corrected chi connectivity index (χ3v) is 4.38. The number of rotatable bonds is 1. The van der Waals surface area contributed by atoms with E-state index in [2.05, 4.69) is 36.1 Å². The summed E-state index contributed by atoms with van der Waals surface area (Å²) in [5.74, 6) is 3.45. The van der Waals surface area contributed by atoms with Crippen molar-refractivity contribution in [3.8, 4) is 23.0 Å². The number of hydrogen-bond donors (Lipinski definition) is 0. The Morgan fingerprint density at radius 3 is 1.78 bits per heavy atom. The molecule has 3 nitrogen and oxygen atoms in total. The molecule has 0 bridgehead atoms. The highest BCUT2D eigenvalue weighted by atomic mass is 16.5. The average Bonchev–Trinajstić information content (AvgIpc) is 2.61. The number of benzene rings is 3. The molecule has 0 radical (unpaired) electrons. The molecular formula is C20H15NO2. The van der Waals surface area contributed by atoms with E-state index < -0.39 is 0 Å². The van der Waals surface area contributed by atoms with Crippen molar-refractivity contribution in [2.24, 2.45) is 0 Å². The molecule has 0 fully saturated rings. The second-order valence-corrected chi connectivity index (χ2v) is 5.77. The van der Waals surface area contributed by atoms with Crippen LogP contribution in [0.25, 0.3) is 0 Å². The van der Waals surface area contributed by atoms with E-state index in [0.29, 0.717) is 0 Å². The third kappa shape index (κ3) is 1.70. The normalized spacial score (nSPS) is 13.3. The lowest BCUT2D eigenvalue weighted by atomic mass is 10.0.